The van der Waals surface area contributed by atoms with Crippen LogP contribution in [-0.4, -0.2) is 35.6 Å². The van der Waals surface area contributed by atoms with Gasteiger partial charge in [-0.2, -0.15) is 0 Å². The van der Waals surface area contributed by atoms with Gasteiger partial charge in [-0.1, -0.05) is 26.7 Å². The van der Waals surface area contributed by atoms with Gasteiger partial charge in [-0.25, -0.2) is 0 Å². The largest absolute Gasteiger partial charge is 0.396 e. The highest BCUT2D eigenvalue weighted by molar-refractivity contribution is 5.88. The summed E-state index contributed by atoms with van der Waals surface area (Å²) < 4.78 is 0. The van der Waals surface area contributed by atoms with E-state index in [2.05, 4.69) is 24.5 Å². The molecule has 0 aromatic heterocycles. The molecule has 3 N–H and O–H groups in total. The predicted molar refractivity (Wildman–Crippen MR) is 80.5 cm³/mol. The van der Waals surface area contributed by atoms with Gasteiger partial charge >= 0.3 is 0 Å². The lowest BCUT2D eigenvalue weighted by molar-refractivity contribution is -0.131. The minimum atomic E-state index is -0.419. The molecule has 1 aliphatic heterocycles. The number of aliphatic hydroxyl groups excluding tert-OH is 1. The molecule has 2 rings (SSSR count). The Bertz CT molecular complexity index is 385. The molecule has 2 atom stereocenters. The molecule has 1 aliphatic carbocycles. The molecule has 120 valence electrons. The van der Waals surface area contributed by atoms with Crippen molar-refractivity contribution in [2.75, 3.05) is 6.61 Å². The summed E-state index contributed by atoms with van der Waals surface area (Å²) in [5.74, 6) is 0.140. The number of rotatable bonds is 5. The van der Waals surface area contributed by atoms with Crippen molar-refractivity contribution in [3.8, 4) is 0 Å². The molecule has 0 bridgehead atoms. The van der Waals surface area contributed by atoms with Crippen LogP contribution in [0.1, 0.15) is 58.8 Å². The van der Waals surface area contributed by atoms with Gasteiger partial charge in [0.15, 0.2) is 0 Å². The molecule has 2 amide bonds. The fourth-order valence-corrected chi connectivity index (χ4v) is 3.65. The first-order valence-corrected chi connectivity index (χ1v) is 8.19. The Morgan fingerprint density at radius 3 is 2.62 bits per heavy atom. The number of carbonyl (C=O) groups excluding carboxylic acids is 2. The van der Waals surface area contributed by atoms with E-state index in [1.165, 1.54) is 0 Å². The Morgan fingerprint density at radius 1 is 1.38 bits per heavy atom. The molecule has 0 spiro atoms. The summed E-state index contributed by atoms with van der Waals surface area (Å²) in [5.41, 5.74) is -0.168. The van der Waals surface area contributed by atoms with Crippen molar-refractivity contribution in [1.29, 1.82) is 0 Å². The zero-order valence-corrected chi connectivity index (χ0v) is 13.2. The fourth-order valence-electron chi connectivity index (χ4n) is 3.65. The van der Waals surface area contributed by atoms with Crippen molar-refractivity contribution < 1.29 is 14.7 Å². The van der Waals surface area contributed by atoms with Crippen molar-refractivity contribution in [1.82, 2.24) is 10.6 Å². The molecule has 5 nitrogen and oxygen atoms in total. The second-order valence-electron chi connectivity index (χ2n) is 6.97. The van der Waals surface area contributed by atoms with E-state index in [1.807, 2.05) is 0 Å². The molecule has 1 heterocycles. The highest BCUT2D eigenvalue weighted by Gasteiger charge is 2.46. The Balaban J connectivity index is 2.02. The van der Waals surface area contributed by atoms with Gasteiger partial charge in [0.2, 0.25) is 11.8 Å². The van der Waals surface area contributed by atoms with E-state index < -0.39 is 6.04 Å². The molecule has 0 aromatic rings. The number of carbonyl (C=O) groups is 2. The summed E-state index contributed by atoms with van der Waals surface area (Å²) in [6, 6.07) is -0.444. The quantitative estimate of drug-likeness (QED) is 0.716. The van der Waals surface area contributed by atoms with Gasteiger partial charge in [0, 0.05) is 17.9 Å². The number of nitrogens with one attached hydrogen (secondary N) is 2. The zero-order chi connectivity index (χ0) is 15.5. The van der Waals surface area contributed by atoms with Crippen molar-refractivity contribution in [3.05, 3.63) is 0 Å². The summed E-state index contributed by atoms with van der Waals surface area (Å²) in [4.78, 5) is 24.1. The monoisotopic (exact) mass is 296 g/mol. The van der Waals surface area contributed by atoms with Crippen LogP contribution in [0.3, 0.4) is 0 Å². The normalized spacial score (nSPS) is 26.5. The van der Waals surface area contributed by atoms with Crippen LogP contribution in [-0.2, 0) is 9.59 Å². The van der Waals surface area contributed by atoms with Crippen LogP contribution in [0.25, 0.3) is 0 Å². The van der Waals surface area contributed by atoms with Crippen molar-refractivity contribution in [3.63, 3.8) is 0 Å². The summed E-state index contributed by atoms with van der Waals surface area (Å²) in [5, 5.41) is 15.7. The number of aliphatic hydroxyl groups is 1. The van der Waals surface area contributed by atoms with Crippen LogP contribution in [0.15, 0.2) is 0 Å². The Hall–Kier alpha value is -1.10. The first-order chi connectivity index (χ1) is 9.98. The minimum absolute atomic E-state index is 0.0242. The molecule has 21 heavy (non-hydrogen) atoms. The lowest BCUT2D eigenvalue weighted by Crippen LogP contribution is -2.59. The van der Waals surface area contributed by atoms with Crippen molar-refractivity contribution >= 4 is 11.8 Å². The van der Waals surface area contributed by atoms with Gasteiger partial charge in [0.1, 0.15) is 6.04 Å². The predicted octanol–water partition coefficient (Wildman–Crippen LogP) is 1.35. The third-order valence-corrected chi connectivity index (χ3v) is 5.09. The Kier molecular flexibility index (Phi) is 5.25. The second kappa shape index (κ2) is 6.77. The summed E-state index contributed by atoms with van der Waals surface area (Å²) in [6.45, 7) is 4.27. The average molecular weight is 296 g/mol. The zero-order valence-electron chi connectivity index (χ0n) is 13.2. The third kappa shape index (κ3) is 3.57. The van der Waals surface area contributed by atoms with E-state index in [1.54, 1.807) is 0 Å². The maximum absolute atomic E-state index is 12.5. The number of amides is 2. The molecule has 1 saturated carbocycles. The molecule has 0 aromatic carbocycles. The molecule has 0 unspecified atom stereocenters. The smallest absolute Gasteiger partial charge is 0.242 e. The third-order valence-electron chi connectivity index (χ3n) is 5.09. The first kappa shape index (κ1) is 16.3. The minimum Gasteiger partial charge on any atom is -0.396 e. The first-order valence-electron chi connectivity index (χ1n) is 8.19. The van der Waals surface area contributed by atoms with E-state index in [0.717, 1.165) is 32.1 Å². The van der Waals surface area contributed by atoms with E-state index in [-0.39, 0.29) is 35.8 Å². The maximum atomic E-state index is 12.5. The summed E-state index contributed by atoms with van der Waals surface area (Å²) >= 11 is 0. The van der Waals surface area contributed by atoms with Crippen LogP contribution in [0.2, 0.25) is 0 Å². The van der Waals surface area contributed by atoms with E-state index in [4.69, 9.17) is 0 Å². The highest BCUT2D eigenvalue weighted by atomic mass is 16.3. The van der Waals surface area contributed by atoms with Crippen LogP contribution < -0.4 is 10.6 Å². The molecule has 2 fully saturated rings. The van der Waals surface area contributed by atoms with E-state index in [9.17, 15) is 14.7 Å². The molecule has 0 radical (unpaired) electrons. The van der Waals surface area contributed by atoms with Crippen LogP contribution >= 0.6 is 0 Å². The van der Waals surface area contributed by atoms with Gasteiger partial charge in [0.05, 0.1) is 6.61 Å². The van der Waals surface area contributed by atoms with Gasteiger partial charge in [-0.05, 0) is 31.6 Å². The van der Waals surface area contributed by atoms with E-state index in [0.29, 0.717) is 12.8 Å². The van der Waals surface area contributed by atoms with E-state index >= 15 is 0 Å². The lowest BCUT2D eigenvalue weighted by Gasteiger charge is -2.48. The van der Waals surface area contributed by atoms with Crippen LogP contribution in [0.4, 0.5) is 0 Å². The molecular weight excluding hydrogens is 268 g/mol. The van der Waals surface area contributed by atoms with Gasteiger partial charge < -0.3 is 15.7 Å². The van der Waals surface area contributed by atoms with Crippen molar-refractivity contribution in [2.45, 2.75) is 70.9 Å². The van der Waals surface area contributed by atoms with Gasteiger partial charge in [-0.15, -0.1) is 0 Å². The van der Waals surface area contributed by atoms with Gasteiger partial charge in [0.25, 0.3) is 0 Å². The molecule has 5 heteroatoms. The maximum Gasteiger partial charge on any atom is 0.242 e. The second-order valence-corrected chi connectivity index (χ2v) is 6.97. The molecular formula is C16H28N2O3. The molecule has 2 aliphatic rings. The highest BCUT2D eigenvalue weighted by Crippen LogP contribution is 2.45. The standard InChI is InChI=1S/C16H28N2O3/c1-11(2)14(16(10-19)8-5-9-16)18-15(21)12-6-3-4-7-13(20)17-12/h11-12,14,19H,3-10H2,1-2H3,(H,17,20)(H,18,21)/t12-,14-/m1/s1. The number of hydrogen-bond donors (Lipinski definition) is 3. The molecule has 1 saturated heterocycles. The Morgan fingerprint density at radius 2 is 2.10 bits per heavy atom. The summed E-state index contributed by atoms with van der Waals surface area (Å²) in [6.07, 6.45) is 6.00. The van der Waals surface area contributed by atoms with Crippen LogP contribution in [0, 0.1) is 11.3 Å². The number of hydrogen-bond acceptors (Lipinski definition) is 3. The van der Waals surface area contributed by atoms with Crippen molar-refractivity contribution in [2.24, 2.45) is 11.3 Å². The average Bonchev–Trinajstić information content (AvgIpc) is 2.61. The topological polar surface area (TPSA) is 78.4 Å². The lowest BCUT2D eigenvalue weighted by atomic mass is 9.62. The van der Waals surface area contributed by atoms with Crippen LogP contribution in [0.5, 0.6) is 0 Å². The fraction of sp³-hybridized carbons (Fsp3) is 0.875. The SMILES string of the molecule is CC(C)[C@@H](NC(=O)[C@H]1CCCCC(=O)N1)C1(CO)CCC1. The summed E-state index contributed by atoms with van der Waals surface area (Å²) in [7, 11) is 0. The Labute approximate surface area is 126 Å². The van der Waals surface area contributed by atoms with Gasteiger partial charge in [-0.3, -0.25) is 9.59 Å².